The van der Waals surface area contributed by atoms with E-state index in [-0.39, 0.29) is 6.10 Å². The molecule has 1 fully saturated rings. The molecule has 0 spiro atoms. The molecule has 0 aromatic heterocycles. The molecule has 3 nitrogen and oxygen atoms in total. The molecule has 0 bridgehead atoms. The molecule has 3 heteroatoms. The third-order valence-electron chi connectivity index (χ3n) is 3.49. The number of rotatable bonds is 3. The molecular formula is C14H21NO2. The summed E-state index contributed by atoms with van der Waals surface area (Å²) in [6, 6.07) is 6.58. The highest BCUT2D eigenvalue weighted by Gasteiger charge is 2.19. The van der Waals surface area contributed by atoms with Crippen LogP contribution in [-0.4, -0.2) is 24.4 Å². The van der Waals surface area contributed by atoms with E-state index in [1.54, 1.807) is 7.11 Å². The predicted molar refractivity (Wildman–Crippen MR) is 69.6 cm³/mol. The Kier molecular flexibility index (Phi) is 3.89. The number of hydrogen-bond acceptors (Lipinski definition) is 3. The Hall–Kier alpha value is -1.22. The summed E-state index contributed by atoms with van der Waals surface area (Å²) in [6.07, 6.45) is 3.82. The minimum Gasteiger partial charge on any atom is -0.497 e. The van der Waals surface area contributed by atoms with Crippen LogP contribution in [0.25, 0.3) is 0 Å². The maximum atomic E-state index is 9.47. The first-order valence-electron chi connectivity index (χ1n) is 6.28. The minimum absolute atomic E-state index is 0.0926. The van der Waals surface area contributed by atoms with Crippen molar-refractivity contribution in [2.24, 2.45) is 0 Å². The van der Waals surface area contributed by atoms with Crippen LogP contribution >= 0.6 is 0 Å². The highest BCUT2D eigenvalue weighted by molar-refractivity contribution is 5.54. The second-order valence-electron chi connectivity index (χ2n) is 4.83. The Morgan fingerprint density at radius 2 is 1.94 bits per heavy atom. The number of hydrogen-bond donors (Lipinski definition) is 2. The summed E-state index contributed by atoms with van der Waals surface area (Å²) in [5.74, 6) is 0.895. The fourth-order valence-corrected chi connectivity index (χ4v) is 2.37. The molecule has 1 aromatic rings. The standard InChI is InChI=1S/C14H21NO2/c1-10-9-13(17-2)7-8-14(10)15-11-3-5-12(16)6-4-11/h7-9,11-12,15-16H,3-6H2,1-2H3. The van der Waals surface area contributed by atoms with Crippen LogP contribution in [0.2, 0.25) is 0 Å². The van der Waals surface area contributed by atoms with Crippen LogP contribution in [0.15, 0.2) is 18.2 Å². The van der Waals surface area contributed by atoms with Crippen LogP contribution in [-0.2, 0) is 0 Å². The molecule has 0 saturated heterocycles. The molecule has 0 radical (unpaired) electrons. The second-order valence-corrected chi connectivity index (χ2v) is 4.83. The van der Waals surface area contributed by atoms with E-state index in [0.29, 0.717) is 6.04 Å². The first-order chi connectivity index (χ1) is 8.19. The van der Waals surface area contributed by atoms with E-state index < -0.39 is 0 Å². The van der Waals surface area contributed by atoms with Crippen molar-refractivity contribution in [1.82, 2.24) is 0 Å². The van der Waals surface area contributed by atoms with Crippen LogP contribution in [0.5, 0.6) is 5.75 Å². The van der Waals surface area contributed by atoms with E-state index in [4.69, 9.17) is 4.74 Å². The van der Waals surface area contributed by atoms with Crippen molar-refractivity contribution in [3.05, 3.63) is 23.8 Å². The van der Waals surface area contributed by atoms with Crippen molar-refractivity contribution in [1.29, 1.82) is 0 Å². The van der Waals surface area contributed by atoms with Gasteiger partial charge in [-0.1, -0.05) is 0 Å². The van der Waals surface area contributed by atoms with Gasteiger partial charge in [0.1, 0.15) is 5.75 Å². The zero-order valence-electron chi connectivity index (χ0n) is 10.6. The van der Waals surface area contributed by atoms with Crippen molar-refractivity contribution in [3.8, 4) is 5.75 Å². The first-order valence-corrected chi connectivity index (χ1v) is 6.28. The molecule has 94 valence electrons. The lowest BCUT2D eigenvalue weighted by Crippen LogP contribution is -2.28. The lowest BCUT2D eigenvalue weighted by atomic mass is 9.93. The predicted octanol–water partition coefficient (Wildman–Crippen LogP) is 2.72. The molecule has 0 unspecified atom stereocenters. The Balaban J connectivity index is 1.99. The summed E-state index contributed by atoms with van der Waals surface area (Å²) >= 11 is 0. The van der Waals surface area contributed by atoms with E-state index in [2.05, 4.69) is 18.3 Å². The van der Waals surface area contributed by atoms with Crippen molar-refractivity contribution < 1.29 is 9.84 Å². The molecule has 0 amide bonds. The topological polar surface area (TPSA) is 41.5 Å². The summed E-state index contributed by atoms with van der Waals surface area (Å²) in [6.45, 7) is 2.09. The van der Waals surface area contributed by atoms with Crippen molar-refractivity contribution in [2.45, 2.75) is 44.8 Å². The van der Waals surface area contributed by atoms with Gasteiger partial charge in [0.15, 0.2) is 0 Å². The van der Waals surface area contributed by atoms with Crippen LogP contribution in [0.4, 0.5) is 5.69 Å². The molecule has 17 heavy (non-hydrogen) atoms. The maximum absolute atomic E-state index is 9.47. The van der Waals surface area contributed by atoms with Crippen LogP contribution < -0.4 is 10.1 Å². The number of aliphatic hydroxyl groups excluding tert-OH is 1. The fraction of sp³-hybridized carbons (Fsp3) is 0.571. The smallest absolute Gasteiger partial charge is 0.119 e. The van der Waals surface area contributed by atoms with Gasteiger partial charge in [-0.05, 0) is 56.4 Å². The molecule has 2 N–H and O–H groups in total. The Morgan fingerprint density at radius 1 is 1.24 bits per heavy atom. The van der Waals surface area contributed by atoms with Gasteiger partial charge in [0.05, 0.1) is 13.2 Å². The van der Waals surface area contributed by atoms with Crippen LogP contribution in [0.1, 0.15) is 31.2 Å². The summed E-state index contributed by atoms with van der Waals surface area (Å²) < 4.78 is 5.19. The quantitative estimate of drug-likeness (QED) is 0.846. The number of methoxy groups -OCH3 is 1. The van der Waals surface area contributed by atoms with Gasteiger partial charge in [0.2, 0.25) is 0 Å². The Labute approximate surface area is 103 Å². The summed E-state index contributed by atoms with van der Waals surface area (Å²) in [5, 5.41) is 13.0. The molecule has 0 atom stereocenters. The second kappa shape index (κ2) is 5.41. The van der Waals surface area contributed by atoms with Gasteiger partial charge in [-0.3, -0.25) is 0 Å². The fourth-order valence-electron chi connectivity index (χ4n) is 2.37. The van der Waals surface area contributed by atoms with Gasteiger partial charge < -0.3 is 15.2 Å². The number of aryl methyl sites for hydroxylation is 1. The lowest BCUT2D eigenvalue weighted by Gasteiger charge is -2.27. The van der Waals surface area contributed by atoms with Gasteiger partial charge in [-0.2, -0.15) is 0 Å². The van der Waals surface area contributed by atoms with Crippen molar-refractivity contribution in [3.63, 3.8) is 0 Å². The maximum Gasteiger partial charge on any atom is 0.119 e. The normalized spacial score (nSPS) is 24.4. The van der Waals surface area contributed by atoms with Gasteiger partial charge in [0, 0.05) is 11.7 Å². The molecule has 2 rings (SSSR count). The van der Waals surface area contributed by atoms with Crippen LogP contribution in [0.3, 0.4) is 0 Å². The number of benzene rings is 1. The minimum atomic E-state index is -0.0926. The molecule has 1 aliphatic carbocycles. The summed E-state index contributed by atoms with van der Waals surface area (Å²) in [5.41, 5.74) is 2.38. The number of nitrogens with one attached hydrogen (secondary N) is 1. The van der Waals surface area contributed by atoms with Crippen molar-refractivity contribution in [2.75, 3.05) is 12.4 Å². The van der Waals surface area contributed by atoms with Gasteiger partial charge in [0.25, 0.3) is 0 Å². The number of ether oxygens (including phenoxy) is 1. The third-order valence-corrected chi connectivity index (χ3v) is 3.49. The van der Waals surface area contributed by atoms with E-state index in [1.165, 1.54) is 11.3 Å². The van der Waals surface area contributed by atoms with E-state index in [0.717, 1.165) is 31.4 Å². The van der Waals surface area contributed by atoms with Gasteiger partial charge in [-0.15, -0.1) is 0 Å². The average molecular weight is 235 g/mol. The molecule has 1 saturated carbocycles. The average Bonchev–Trinajstić information content (AvgIpc) is 2.34. The van der Waals surface area contributed by atoms with E-state index >= 15 is 0 Å². The zero-order valence-corrected chi connectivity index (χ0v) is 10.6. The zero-order chi connectivity index (χ0) is 12.3. The number of aliphatic hydroxyl groups is 1. The summed E-state index contributed by atoms with van der Waals surface area (Å²) in [4.78, 5) is 0. The molecular weight excluding hydrogens is 214 g/mol. The highest BCUT2D eigenvalue weighted by atomic mass is 16.5. The van der Waals surface area contributed by atoms with Crippen molar-refractivity contribution >= 4 is 5.69 Å². The van der Waals surface area contributed by atoms with E-state index in [1.807, 2.05) is 12.1 Å². The first kappa shape index (κ1) is 12.2. The Bertz CT molecular complexity index is 370. The largest absolute Gasteiger partial charge is 0.497 e. The number of anilines is 1. The monoisotopic (exact) mass is 235 g/mol. The summed E-state index contributed by atoms with van der Waals surface area (Å²) in [7, 11) is 1.68. The van der Waals surface area contributed by atoms with E-state index in [9.17, 15) is 5.11 Å². The lowest BCUT2D eigenvalue weighted by molar-refractivity contribution is 0.126. The van der Waals surface area contributed by atoms with Gasteiger partial charge >= 0.3 is 0 Å². The highest BCUT2D eigenvalue weighted by Crippen LogP contribution is 2.26. The van der Waals surface area contributed by atoms with Crippen LogP contribution in [0, 0.1) is 6.92 Å². The Morgan fingerprint density at radius 3 is 2.53 bits per heavy atom. The third kappa shape index (κ3) is 3.13. The molecule has 0 aliphatic heterocycles. The SMILES string of the molecule is COc1ccc(NC2CCC(O)CC2)c(C)c1. The molecule has 1 aliphatic rings. The molecule has 0 heterocycles. The van der Waals surface area contributed by atoms with Gasteiger partial charge in [-0.25, -0.2) is 0 Å². The molecule has 1 aromatic carbocycles.